The van der Waals surface area contributed by atoms with Crippen molar-refractivity contribution in [2.45, 2.75) is 26.0 Å². The van der Waals surface area contributed by atoms with Crippen molar-refractivity contribution < 1.29 is 4.74 Å². The summed E-state index contributed by atoms with van der Waals surface area (Å²) in [6, 6.07) is 4.01. The van der Waals surface area contributed by atoms with Crippen LogP contribution in [0.5, 0.6) is 0 Å². The van der Waals surface area contributed by atoms with E-state index < -0.39 is 0 Å². The Balaban J connectivity index is 2.23. The molecule has 2 atom stereocenters. The van der Waals surface area contributed by atoms with Crippen LogP contribution >= 0.6 is 0 Å². The minimum atomic E-state index is 0.105. The van der Waals surface area contributed by atoms with E-state index in [0.29, 0.717) is 0 Å². The quantitative estimate of drug-likeness (QED) is 0.867. The van der Waals surface area contributed by atoms with Crippen molar-refractivity contribution in [2.24, 2.45) is 0 Å². The molecule has 0 aliphatic rings. The molecule has 0 saturated heterocycles. The monoisotopic (exact) mass is 247 g/mol. The Morgan fingerprint density at radius 2 is 2.22 bits per heavy atom. The van der Waals surface area contributed by atoms with Crippen molar-refractivity contribution >= 4 is 5.69 Å². The minimum absolute atomic E-state index is 0.105. The number of hydrogen-bond donors (Lipinski definition) is 1. The fourth-order valence-electron chi connectivity index (χ4n) is 1.58. The third-order valence-electron chi connectivity index (χ3n) is 2.88. The number of ether oxygens (including phenoxy) is 1. The predicted octanol–water partition coefficient (Wildman–Crippen LogP) is 1.50. The maximum atomic E-state index is 5.30. The zero-order valence-electron chi connectivity index (χ0n) is 10.7. The number of aromatic nitrogens is 4. The Morgan fingerprint density at radius 3 is 2.89 bits per heavy atom. The maximum Gasteiger partial charge on any atom is 0.178 e. The first-order valence-electron chi connectivity index (χ1n) is 5.81. The first-order chi connectivity index (χ1) is 8.72. The molecule has 0 radical (unpaired) electrons. The summed E-state index contributed by atoms with van der Waals surface area (Å²) < 4.78 is 6.93. The van der Waals surface area contributed by atoms with Gasteiger partial charge in [0.05, 0.1) is 11.8 Å². The van der Waals surface area contributed by atoms with Crippen molar-refractivity contribution in [3.8, 4) is 5.82 Å². The fourth-order valence-corrected chi connectivity index (χ4v) is 1.58. The Labute approximate surface area is 106 Å². The van der Waals surface area contributed by atoms with Crippen LogP contribution in [0.25, 0.3) is 5.82 Å². The van der Waals surface area contributed by atoms with E-state index in [0.717, 1.165) is 11.5 Å². The van der Waals surface area contributed by atoms with Gasteiger partial charge in [0.25, 0.3) is 0 Å². The Morgan fingerprint density at radius 1 is 1.39 bits per heavy atom. The van der Waals surface area contributed by atoms with Crippen molar-refractivity contribution in [1.82, 2.24) is 19.7 Å². The highest BCUT2D eigenvalue weighted by molar-refractivity contribution is 5.56. The highest BCUT2D eigenvalue weighted by Crippen LogP contribution is 2.17. The van der Waals surface area contributed by atoms with Gasteiger partial charge in [-0.25, -0.2) is 14.6 Å². The lowest BCUT2D eigenvalue weighted by atomic mass is 10.2. The standard InChI is InChI=1S/C12H17N5O/c1-9(10(2)18-3)16-11-5-4-6-14-12(11)17-8-13-7-15-17/h4-10,16H,1-3H3. The molecule has 6 heteroatoms. The summed E-state index contributed by atoms with van der Waals surface area (Å²) in [5.41, 5.74) is 0.902. The van der Waals surface area contributed by atoms with E-state index >= 15 is 0 Å². The second-order valence-electron chi connectivity index (χ2n) is 4.09. The molecule has 0 aromatic carbocycles. The summed E-state index contributed by atoms with van der Waals surface area (Å²) in [5.74, 6) is 0.727. The van der Waals surface area contributed by atoms with Crippen LogP contribution in [-0.4, -0.2) is 39.0 Å². The molecule has 0 fully saturated rings. The molecule has 0 aliphatic carbocycles. The van der Waals surface area contributed by atoms with Gasteiger partial charge < -0.3 is 10.1 Å². The van der Waals surface area contributed by atoms with Gasteiger partial charge in [-0.15, -0.1) is 0 Å². The largest absolute Gasteiger partial charge is 0.380 e. The SMILES string of the molecule is COC(C)C(C)Nc1cccnc1-n1cncn1. The number of rotatable bonds is 5. The minimum Gasteiger partial charge on any atom is -0.380 e. The smallest absolute Gasteiger partial charge is 0.178 e. The van der Waals surface area contributed by atoms with Gasteiger partial charge in [-0.05, 0) is 26.0 Å². The Hall–Kier alpha value is -1.95. The van der Waals surface area contributed by atoms with Crippen LogP contribution in [0.2, 0.25) is 0 Å². The van der Waals surface area contributed by atoms with Crippen LogP contribution in [0.1, 0.15) is 13.8 Å². The molecule has 2 heterocycles. The van der Waals surface area contributed by atoms with Gasteiger partial charge in [-0.3, -0.25) is 0 Å². The van der Waals surface area contributed by atoms with Gasteiger partial charge in [-0.1, -0.05) is 0 Å². The molecule has 2 aromatic rings. The van der Waals surface area contributed by atoms with Gasteiger partial charge in [0, 0.05) is 19.3 Å². The molecule has 2 rings (SSSR count). The normalized spacial score (nSPS) is 14.2. The van der Waals surface area contributed by atoms with E-state index in [4.69, 9.17) is 4.74 Å². The third kappa shape index (κ3) is 2.65. The molecule has 0 aliphatic heterocycles. The van der Waals surface area contributed by atoms with Crippen LogP contribution in [0.3, 0.4) is 0 Å². The summed E-state index contributed by atoms with van der Waals surface area (Å²) in [4.78, 5) is 8.25. The summed E-state index contributed by atoms with van der Waals surface area (Å²) in [6.45, 7) is 4.08. The molecule has 2 unspecified atom stereocenters. The van der Waals surface area contributed by atoms with Crippen LogP contribution in [0.4, 0.5) is 5.69 Å². The first kappa shape index (κ1) is 12.5. The number of nitrogens with zero attached hydrogens (tertiary/aromatic N) is 4. The lowest BCUT2D eigenvalue weighted by molar-refractivity contribution is 0.106. The van der Waals surface area contributed by atoms with Gasteiger partial charge >= 0.3 is 0 Å². The topological polar surface area (TPSA) is 64.9 Å². The average Bonchev–Trinajstić information content (AvgIpc) is 2.92. The van der Waals surface area contributed by atoms with Crippen LogP contribution in [0.15, 0.2) is 31.0 Å². The van der Waals surface area contributed by atoms with Gasteiger partial charge in [0.1, 0.15) is 12.7 Å². The van der Waals surface area contributed by atoms with Crippen molar-refractivity contribution in [1.29, 1.82) is 0 Å². The molecule has 96 valence electrons. The predicted molar refractivity (Wildman–Crippen MR) is 68.7 cm³/mol. The first-order valence-corrected chi connectivity index (χ1v) is 5.81. The number of methoxy groups -OCH3 is 1. The second-order valence-corrected chi connectivity index (χ2v) is 4.09. The van der Waals surface area contributed by atoms with Crippen LogP contribution in [0, 0.1) is 0 Å². The molecule has 18 heavy (non-hydrogen) atoms. The molecule has 0 spiro atoms. The number of nitrogens with one attached hydrogen (secondary N) is 1. The molecular weight excluding hydrogens is 230 g/mol. The highest BCUT2D eigenvalue weighted by atomic mass is 16.5. The van der Waals surface area contributed by atoms with E-state index in [1.54, 1.807) is 24.3 Å². The second kappa shape index (κ2) is 5.59. The summed E-state index contributed by atoms with van der Waals surface area (Å²) in [5, 5.41) is 7.46. The van der Waals surface area contributed by atoms with E-state index in [1.165, 1.54) is 6.33 Å². The lowest BCUT2D eigenvalue weighted by Crippen LogP contribution is -2.30. The zero-order valence-corrected chi connectivity index (χ0v) is 10.7. The molecule has 2 aromatic heterocycles. The van der Waals surface area contributed by atoms with Gasteiger partial charge in [-0.2, -0.15) is 5.10 Å². The van der Waals surface area contributed by atoms with E-state index in [2.05, 4.69) is 27.3 Å². The molecular formula is C12H17N5O. The van der Waals surface area contributed by atoms with E-state index in [1.807, 2.05) is 19.1 Å². The molecule has 0 saturated carbocycles. The molecule has 6 nitrogen and oxygen atoms in total. The summed E-state index contributed by atoms with van der Waals surface area (Å²) in [6.07, 6.45) is 4.94. The highest BCUT2D eigenvalue weighted by Gasteiger charge is 2.14. The van der Waals surface area contributed by atoms with E-state index in [-0.39, 0.29) is 12.1 Å². The van der Waals surface area contributed by atoms with Crippen LogP contribution < -0.4 is 5.32 Å². The van der Waals surface area contributed by atoms with Crippen molar-refractivity contribution in [2.75, 3.05) is 12.4 Å². The Bertz CT molecular complexity index is 485. The number of hydrogen-bond acceptors (Lipinski definition) is 5. The van der Waals surface area contributed by atoms with Crippen molar-refractivity contribution in [3.63, 3.8) is 0 Å². The Kier molecular flexibility index (Phi) is 3.88. The van der Waals surface area contributed by atoms with Crippen LogP contribution in [-0.2, 0) is 4.74 Å². The fraction of sp³-hybridized carbons (Fsp3) is 0.417. The van der Waals surface area contributed by atoms with E-state index in [9.17, 15) is 0 Å². The molecule has 0 amide bonds. The van der Waals surface area contributed by atoms with Crippen molar-refractivity contribution in [3.05, 3.63) is 31.0 Å². The average molecular weight is 247 g/mol. The van der Waals surface area contributed by atoms with Gasteiger partial charge in [0.15, 0.2) is 5.82 Å². The number of anilines is 1. The summed E-state index contributed by atoms with van der Waals surface area (Å²) >= 11 is 0. The summed E-state index contributed by atoms with van der Waals surface area (Å²) in [7, 11) is 1.70. The molecule has 0 bridgehead atoms. The zero-order chi connectivity index (χ0) is 13.0. The third-order valence-corrected chi connectivity index (χ3v) is 2.88. The van der Waals surface area contributed by atoms with Gasteiger partial charge in [0.2, 0.25) is 0 Å². The number of pyridine rings is 1. The maximum absolute atomic E-state index is 5.30. The molecule has 1 N–H and O–H groups in total. The lowest BCUT2D eigenvalue weighted by Gasteiger charge is -2.22.